The van der Waals surface area contributed by atoms with Crippen molar-refractivity contribution in [2.75, 3.05) is 0 Å². The van der Waals surface area contributed by atoms with Gasteiger partial charge in [-0.25, -0.2) is 0 Å². The molecule has 0 N–H and O–H groups in total. The molecule has 0 atom stereocenters. The predicted octanol–water partition coefficient (Wildman–Crippen LogP) is -3.20. The van der Waals surface area contributed by atoms with Crippen molar-refractivity contribution in [3.8, 4) is 0 Å². The zero-order chi connectivity index (χ0) is 0. The average Bonchev–Trinajstić information content (AvgIpc) is 0. The number of hydrogen-bond acceptors (Lipinski definition) is 0. The first-order valence-electron chi connectivity index (χ1n) is 0. The molecular weight excluding hydrogens is 179 g/mol. The van der Waals surface area contributed by atoms with E-state index in [9.17, 15) is 0 Å². The first kappa shape index (κ1) is 26.4. The molecular formula is H5AgCaLiMg. The molecule has 0 unspecified atom stereocenters. The van der Waals surface area contributed by atoms with E-state index in [-0.39, 0.29) is 109 Å². The third-order valence-corrected chi connectivity index (χ3v) is 0. The molecule has 4 heavy (non-hydrogen) atoms. The van der Waals surface area contributed by atoms with E-state index in [1.54, 1.807) is 0 Å². The van der Waals surface area contributed by atoms with E-state index in [2.05, 4.69) is 0 Å². The summed E-state index contributed by atoms with van der Waals surface area (Å²) in [6, 6.07) is 0. The van der Waals surface area contributed by atoms with Crippen LogP contribution in [0.15, 0.2) is 0 Å². The Kier molecular flexibility index (Phi) is 107. The standard InChI is InChI=1S/Ag.Ca.Li.Mg.5H/q;+2;+1;+2;5*-1. The molecule has 1 radical (unpaired) electrons. The molecule has 0 heterocycles. The number of hydrogen-bond donors (Lipinski definition) is 0. The van der Waals surface area contributed by atoms with Gasteiger partial charge in [0.15, 0.2) is 0 Å². The van der Waals surface area contributed by atoms with Crippen molar-refractivity contribution in [1.82, 2.24) is 0 Å². The van der Waals surface area contributed by atoms with E-state index in [1.807, 2.05) is 0 Å². The summed E-state index contributed by atoms with van der Waals surface area (Å²) in [7, 11) is 0. The van der Waals surface area contributed by atoms with E-state index < -0.39 is 0 Å². The fraction of sp³-hybridized carbons (Fsp3) is 0. The Morgan fingerprint density at radius 3 is 1.25 bits per heavy atom. The number of rotatable bonds is 0. The summed E-state index contributed by atoms with van der Waals surface area (Å²) in [5.74, 6) is 0. The summed E-state index contributed by atoms with van der Waals surface area (Å²) in [6.45, 7) is 0. The molecule has 0 saturated carbocycles. The van der Waals surface area contributed by atoms with Crippen LogP contribution in [0.4, 0.5) is 0 Å². The van der Waals surface area contributed by atoms with Crippen LogP contribution in [0.3, 0.4) is 0 Å². The van der Waals surface area contributed by atoms with Gasteiger partial charge in [0.1, 0.15) is 0 Å². The van der Waals surface area contributed by atoms with Crippen molar-refractivity contribution < 1.29 is 48.4 Å². The summed E-state index contributed by atoms with van der Waals surface area (Å²) in [6.07, 6.45) is 0. The van der Waals surface area contributed by atoms with Gasteiger partial charge in [-0.1, -0.05) is 0 Å². The van der Waals surface area contributed by atoms with Gasteiger partial charge in [0, 0.05) is 22.4 Å². The van der Waals surface area contributed by atoms with Gasteiger partial charge >= 0.3 is 79.7 Å². The molecule has 0 aromatic rings. The monoisotopic (exact) mass is 183 g/mol. The Hall–Kier alpha value is 3.36. The van der Waals surface area contributed by atoms with Gasteiger partial charge in [0.05, 0.1) is 0 Å². The fourth-order valence-electron chi connectivity index (χ4n) is 0. The van der Waals surface area contributed by atoms with E-state index in [0.29, 0.717) is 0 Å². The molecule has 0 aromatic carbocycles. The molecule has 0 amide bonds. The molecule has 0 saturated heterocycles. The van der Waals surface area contributed by atoms with Crippen LogP contribution in [0.1, 0.15) is 7.13 Å². The summed E-state index contributed by atoms with van der Waals surface area (Å²) in [5, 5.41) is 0. The second-order valence-electron chi connectivity index (χ2n) is 0. The Bertz CT molecular complexity index is 16.9. The summed E-state index contributed by atoms with van der Waals surface area (Å²) in [4.78, 5) is 0. The summed E-state index contributed by atoms with van der Waals surface area (Å²) >= 11 is 0. The molecule has 0 bridgehead atoms. The van der Waals surface area contributed by atoms with Crippen LogP contribution >= 0.6 is 0 Å². The predicted molar refractivity (Wildman–Crippen MR) is 17.1 cm³/mol. The maximum Gasteiger partial charge on any atom is 2.00 e. The Balaban J connectivity index is 0. The van der Waals surface area contributed by atoms with Crippen LogP contribution in [0.5, 0.6) is 0 Å². The van der Waals surface area contributed by atoms with Crippen LogP contribution in [-0.4, -0.2) is 60.8 Å². The van der Waals surface area contributed by atoms with E-state index in [4.69, 9.17) is 0 Å². The van der Waals surface area contributed by atoms with Crippen LogP contribution in [0.25, 0.3) is 0 Å². The minimum atomic E-state index is 0. The van der Waals surface area contributed by atoms with Gasteiger partial charge in [0.25, 0.3) is 0 Å². The molecule has 0 fully saturated rings. The van der Waals surface area contributed by atoms with Gasteiger partial charge in [-0.05, 0) is 0 Å². The van der Waals surface area contributed by atoms with E-state index in [0.717, 1.165) is 0 Å². The first-order chi connectivity index (χ1) is 0. The topological polar surface area (TPSA) is 0 Å². The van der Waals surface area contributed by atoms with Crippen molar-refractivity contribution in [3.63, 3.8) is 0 Å². The molecule has 0 aliphatic rings. The molecule has 21 valence electrons. The molecule has 0 spiro atoms. The first-order valence-corrected chi connectivity index (χ1v) is 0. The second kappa shape index (κ2) is 16.2. The van der Waals surface area contributed by atoms with E-state index >= 15 is 0 Å². The van der Waals surface area contributed by atoms with Gasteiger partial charge in [0.2, 0.25) is 0 Å². The third kappa shape index (κ3) is 9.03. The quantitative estimate of drug-likeness (QED) is 0.348. The minimum absolute atomic E-state index is 0. The van der Waals surface area contributed by atoms with Crippen LogP contribution < -0.4 is 18.9 Å². The second-order valence-corrected chi connectivity index (χ2v) is 0. The smallest absolute Gasteiger partial charge is 1.00 e. The maximum absolute atomic E-state index is 0. The maximum atomic E-state index is 0. The zero-order valence-electron chi connectivity index (χ0n) is 7.72. The molecule has 4 heteroatoms. The van der Waals surface area contributed by atoms with Gasteiger partial charge in [-0.3, -0.25) is 0 Å². The van der Waals surface area contributed by atoms with Crippen LogP contribution in [0, 0.1) is 0 Å². The molecule has 0 rings (SSSR count). The average molecular weight is 184 g/mol. The van der Waals surface area contributed by atoms with Gasteiger partial charge < -0.3 is 7.13 Å². The van der Waals surface area contributed by atoms with Gasteiger partial charge in [-0.15, -0.1) is 0 Å². The largest absolute Gasteiger partial charge is 2.00 e. The molecule has 0 aromatic heterocycles. The summed E-state index contributed by atoms with van der Waals surface area (Å²) < 4.78 is 0. The van der Waals surface area contributed by atoms with Crippen LogP contribution in [-0.2, 0) is 22.4 Å². The Labute approximate surface area is 107 Å². The SMILES string of the molecule is [Ag].[Ca+2].[H-].[H-].[H-].[H-].[H-].[Li+].[Mg+2]. The van der Waals surface area contributed by atoms with Crippen molar-refractivity contribution >= 4 is 60.8 Å². The molecule has 0 aliphatic carbocycles. The normalized spacial score (nSPS) is 0. The fourth-order valence-corrected chi connectivity index (χ4v) is 0. The van der Waals surface area contributed by atoms with E-state index in [1.165, 1.54) is 0 Å². The van der Waals surface area contributed by atoms with Crippen molar-refractivity contribution in [2.24, 2.45) is 0 Å². The van der Waals surface area contributed by atoms with Gasteiger partial charge in [-0.2, -0.15) is 0 Å². The molecule has 0 aliphatic heterocycles. The third-order valence-electron chi connectivity index (χ3n) is 0. The minimum Gasteiger partial charge on any atom is -1.00 e. The molecule has 0 nitrogen and oxygen atoms in total. The van der Waals surface area contributed by atoms with Crippen LogP contribution in [0.2, 0.25) is 0 Å². The van der Waals surface area contributed by atoms with Crippen molar-refractivity contribution in [1.29, 1.82) is 0 Å². The van der Waals surface area contributed by atoms with Crippen molar-refractivity contribution in [3.05, 3.63) is 0 Å². The van der Waals surface area contributed by atoms with Crippen molar-refractivity contribution in [2.45, 2.75) is 0 Å². The Morgan fingerprint density at radius 2 is 1.25 bits per heavy atom. The summed E-state index contributed by atoms with van der Waals surface area (Å²) in [5.41, 5.74) is 0. The Morgan fingerprint density at radius 1 is 1.25 bits per heavy atom. The zero-order valence-corrected chi connectivity index (χ0v) is 7.82.